The Hall–Kier alpha value is -0.860. The molecule has 0 amide bonds. The van der Waals surface area contributed by atoms with Gasteiger partial charge in [-0.2, -0.15) is 0 Å². The Bertz CT molecular complexity index is 410. The van der Waals surface area contributed by atoms with Crippen molar-refractivity contribution in [1.29, 1.82) is 0 Å². The molecule has 0 aliphatic carbocycles. The lowest BCUT2D eigenvalue weighted by atomic mass is 9.78. The molecule has 17 heavy (non-hydrogen) atoms. The van der Waals surface area contributed by atoms with Gasteiger partial charge in [0, 0.05) is 23.4 Å². The van der Waals surface area contributed by atoms with Crippen LogP contribution in [0.25, 0.3) is 0 Å². The van der Waals surface area contributed by atoms with E-state index in [0.717, 1.165) is 31.5 Å². The topological polar surface area (TPSA) is 29.1 Å². The zero-order valence-electron chi connectivity index (χ0n) is 10.1. The van der Waals surface area contributed by atoms with Crippen molar-refractivity contribution in [2.45, 2.75) is 26.2 Å². The largest absolute Gasteiger partial charge is 0.316 e. The SMILES string of the molecule is CCC1(C(=O)Cc2cccc(Cl)c2)CCNC1. The Kier molecular flexibility index (Phi) is 3.85. The molecule has 1 atom stereocenters. The van der Waals surface area contributed by atoms with Gasteiger partial charge in [0.05, 0.1) is 0 Å². The van der Waals surface area contributed by atoms with Gasteiger partial charge < -0.3 is 5.32 Å². The first-order valence-corrected chi connectivity index (χ1v) is 6.52. The minimum Gasteiger partial charge on any atom is -0.316 e. The molecule has 2 nitrogen and oxygen atoms in total. The number of ketones is 1. The molecule has 2 rings (SSSR count). The van der Waals surface area contributed by atoms with E-state index in [9.17, 15) is 4.79 Å². The van der Waals surface area contributed by atoms with Crippen molar-refractivity contribution in [2.24, 2.45) is 5.41 Å². The van der Waals surface area contributed by atoms with E-state index < -0.39 is 0 Å². The summed E-state index contributed by atoms with van der Waals surface area (Å²) >= 11 is 5.93. The molecular weight excluding hydrogens is 234 g/mol. The van der Waals surface area contributed by atoms with Crippen molar-refractivity contribution in [3.05, 3.63) is 34.9 Å². The van der Waals surface area contributed by atoms with Gasteiger partial charge in [0.15, 0.2) is 0 Å². The van der Waals surface area contributed by atoms with Crippen LogP contribution in [0.15, 0.2) is 24.3 Å². The first-order valence-electron chi connectivity index (χ1n) is 6.15. The van der Waals surface area contributed by atoms with E-state index in [1.807, 2.05) is 24.3 Å². The van der Waals surface area contributed by atoms with Crippen molar-refractivity contribution in [3.8, 4) is 0 Å². The maximum atomic E-state index is 12.4. The molecule has 1 aliphatic heterocycles. The minimum absolute atomic E-state index is 0.150. The molecular formula is C14H18ClNO. The lowest BCUT2D eigenvalue weighted by molar-refractivity contribution is -0.127. The summed E-state index contributed by atoms with van der Waals surface area (Å²) in [6, 6.07) is 7.58. The second kappa shape index (κ2) is 5.19. The molecule has 0 saturated carbocycles. The maximum absolute atomic E-state index is 12.4. The van der Waals surface area contributed by atoms with E-state index >= 15 is 0 Å². The van der Waals surface area contributed by atoms with Gasteiger partial charge in [-0.3, -0.25) is 4.79 Å². The highest BCUT2D eigenvalue weighted by molar-refractivity contribution is 6.30. The number of halogens is 1. The third-order valence-electron chi connectivity index (χ3n) is 3.77. The predicted molar refractivity (Wildman–Crippen MR) is 70.4 cm³/mol. The Morgan fingerprint density at radius 2 is 2.35 bits per heavy atom. The molecule has 1 unspecified atom stereocenters. The Balaban J connectivity index is 2.10. The van der Waals surface area contributed by atoms with Gasteiger partial charge in [-0.15, -0.1) is 0 Å². The van der Waals surface area contributed by atoms with Gasteiger partial charge >= 0.3 is 0 Å². The molecule has 1 aromatic carbocycles. The van der Waals surface area contributed by atoms with Gasteiger partial charge in [-0.1, -0.05) is 30.7 Å². The predicted octanol–water partition coefficient (Wildman–Crippen LogP) is 2.84. The lowest BCUT2D eigenvalue weighted by Gasteiger charge is -2.24. The average Bonchev–Trinajstić information content (AvgIpc) is 2.78. The fourth-order valence-electron chi connectivity index (χ4n) is 2.50. The monoisotopic (exact) mass is 251 g/mol. The summed E-state index contributed by atoms with van der Waals surface area (Å²) in [6.45, 7) is 3.88. The van der Waals surface area contributed by atoms with Crippen molar-refractivity contribution >= 4 is 17.4 Å². The van der Waals surface area contributed by atoms with Crippen LogP contribution in [0.1, 0.15) is 25.3 Å². The Labute approximate surface area is 107 Å². The highest BCUT2D eigenvalue weighted by atomic mass is 35.5. The second-order valence-electron chi connectivity index (χ2n) is 4.79. The van der Waals surface area contributed by atoms with Crippen molar-refractivity contribution in [1.82, 2.24) is 5.32 Å². The smallest absolute Gasteiger partial charge is 0.144 e. The highest BCUT2D eigenvalue weighted by Gasteiger charge is 2.38. The zero-order chi connectivity index (χ0) is 12.3. The van der Waals surface area contributed by atoms with Crippen LogP contribution in [0.2, 0.25) is 5.02 Å². The van der Waals surface area contributed by atoms with E-state index in [0.29, 0.717) is 17.2 Å². The van der Waals surface area contributed by atoms with Gasteiger partial charge in [0.2, 0.25) is 0 Å². The van der Waals surface area contributed by atoms with E-state index in [2.05, 4.69) is 12.2 Å². The fraction of sp³-hybridized carbons (Fsp3) is 0.500. The summed E-state index contributed by atoms with van der Waals surface area (Å²) in [5.74, 6) is 0.340. The third kappa shape index (κ3) is 2.70. The number of carbonyl (C=O) groups is 1. The van der Waals surface area contributed by atoms with E-state index in [4.69, 9.17) is 11.6 Å². The van der Waals surface area contributed by atoms with Crippen LogP contribution in [0.3, 0.4) is 0 Å². The summed E-state index contributed by atoms with van der Waals surface area (Å²) in [5.41, 5.74) is 0.865. The van der Waals surface area contributed by atoms with Crippen LogP contribution in [0, 0.1) is 5.41 Å². The molecule has 1 aromatic rings. The van der Waals surface area contributed by atoms with Crippen LogP contribution in [-0.4, -0.2) is 18.9 Å². The molecule has 1 aliphatic rings. The maximum Gasteiger partial charge on any atom is 0.144 e. The molecule has 1 heterocycles. The number of nitrogens with one attached hydrogen (secondary N) is 1. The van der Waals surface area contributed by atoms with Crippen LogP contribution in [-0.2, 0) is 11.2 Å². The van der Waals surface area contributed by atoms with Gasteiger partial charge in [-0.05, 0) is 37.1 Å². The zero-order valence-corrected chi connectivity index (χ0v) is 10.9. The Morgan fingerprint density at radius 3 is 2.94 bits per heavy atom. The third-order valence-corrected chi connectivity index (χ3v) is 4.00. The Morgan fingerprint density at radius 1 is 1.53 bits per heavy atom. The molecule has 0 aromatic heterocycles. The minimum atomic E-state index is -0.150. The van der Waals surface area contributed by atoms with Gasteiger partial charge in [0.25, 0.3) is 0 Å². The molecule has 1 N–H and O–H groups in total. The highest BCUT2D eigenvalue weighted by Crippen LogP contribution is 2.31. The molecule has 0 spiro atoms. The first-order chi connectivity index (χ1) is 8.16. The first kappa shape index (κ1) is 12.6. The molecule has 1 fully saturated rings. The fourth-order valence-corrected chi connectivity index (χ4v) is 2.71. The number of hydrogen-bond donors (Lipinski definition) is 1. The van der Waals surface area contributed by atoms with Gasteiger partial charge in [-0.25, -0.2) is 0 Å². The second-order valence-corrected chi connectivity index (χ2v) is 5.23. The van der Waals surface area contributed by atoms with Crippen LogP contribution >= 0.6 is 11.6 Å². The van der Waals surface area contributed by atoms with Gasteiger partial charge in [0.1, 0.15) is 5.78 Å². The number of Topliss-reactive ketones (excluding diaryl/α,β-unsaturated/α-hetero) is 1. The summed E-state index contributed by atoms with van der Waals surface area (Å²) < 4.78 is 0. The standard InChI is InChI=1S/C14H18ClNO/c1-2-14(6-7-16-10-14)13(17)9-11-4-3-5-12(15)8-11/h3-5,8,16H,2,6-7,9-10H2,1H3. The molecule has 1 saturated heterocycles. The number of hydrogen-bond acceptors (Lipinski definition) is 2. The van der Waals surface area contributed by atoms with E-state index in [1.54, 1.807) is 0 Å². The summed E-state index contributed by atoms with van der Waals surface area (Å²) in [4.78, 5) is 12.4. The van der Waals surface area contributed by atoms with Crippen LogP contribution in [0.4, 0.5) is 0 Å². The number of carbonyl (C=O) groups excluding carboxylic acids is 1. The number of rotatable bonds is 4. The van der Waals surface area contributed by atoms with Crippen molar-refractivity contribution in [2.75, 3.05) is 13.1 Å². The lowest BCUT2D eigenvalue weighted by Crippen LogP contribution is -2.34. The quantitative estimate of drug-likeness (QED) is 0.892. The van der Waals surface area contributed by atoms with Crippen LogP contribution in [0.5, 0.6) is 0 Å². The molecule has 92 valence electrons. The molecule has 0 radical (unpaired) electrons. The van der Waals surface area contributed by atoms with E-state index in [-0.39, 0.29) is 5.41 Å². The van der Waals surface area contributed by atoms with Crippen LogP contribution < -0.4 is 5.32 Å². The number of benzene rings is 1. The average molecular weight is 252 g/mol. The van der Waals surface area contributed by atoms with E-state index in [1.165, 1.54) is 0 Å². The molecule has 0 bridgehead atoms. The summed E-state index contributed by atoms with van der Waals surface area (Å²) in [5, 5.41) is 3.99. The van der Waals surface area contributed by atoms with Crippen molar-refractivity contribution in [3.63, 3.8) is 0 Å². The van der Waals surface area contributed by atoms with Crippen molar-refractivity contribution < 1.29 is 4.79 Å². The molecule has 3 heteroatoms. The summed E-state index contributed by atoms with van der Waals surface area (Å²) in [6.07, 6.45) is 2.37. The normalized spacial score (nSPS) is 23.9. The summed E-state index contributed by atoms with van der Waals surface area (Å²) in [7, 11) is 0.